The fourth-order valence-corrected chi connectivity index (χ4v) is 2.06. The Balaban J connectivity index is 0.000000351. The third kappa shape index (κ3) is 5.90. The zero-order valence-electron chi connectivity index (χ0n) is 12.7. The molecule has 6 nitrogen and oxygen atoms in total. The lowest BCUT2D eigenvalue weighted by Crippen LogP contribution is -2.35. The number of aliphatic carboxylic acids is 1. The van der Waals surface area contributed by atoms with Crippen molar-refractivity contribution in [2.75, 3.05) is 13.1 Å². The lowest BCUT2D eigenvalue weighted by molar-refractivity contribution is -0.192. The number of alkyl halides is 3. The van der Waals surface area contributed by atoms with E-state index < -0.39 is 18.1 Å². The normalized spacial score (nSPS) is 14.4. The number of amides is 2. The summed E-state index contributed by atoms with van der Waals surface area (Å²) < 4.78 is 31.7. The van der Waals surface area contributed by atoms with Crippen LogP contribution in [0.3, 0.4) is 0 Å². The number of carbonyl (C=O) groups excluding carboxylic acids is 2. The summed E-state index contributed by atoms with van der Waals surface area (Å²) in [4.78, 5) is 33.8. The van der Waals surface area contributed by atoms with Crippen LogP contribution in [0.1, 0.15) is 40.0 Å². The maximum Gasteiger partial charge on any atom is 0.490 e. The molecule has 0 atom stereocenters. The molecule has 1 saturated heterocycles. The monoisotopic (exact) mass is 346 g/mol. The van der Waals surface area contributed by atoms with Crippen molar-refractivity contribution < 1.29 is 32.7 Å². The first kappa shape index (κ1) is 19.5. The minimum atomic E-state index is -5.08. The lowest BCUT2D eigenvalue weighted by atomic mass is 10.1. The predicted molar refractivity (Wildman–Crippen MR) is 78.4 cm³/mol. The molecular weight excluding hydrogens is 329 g/mol. The van der Waals surface area contributed by atoms with Gasteiger partial charge < -0.3 is 15.7 Å². The van der Waals surface area contributed by atoms with Crippen LogP contribution < -0.4 is 5.73 Å². The van der Waals surface area contributed by atoms with Gasteiger partial charge in [0.15, 0.2) is 0 Å². The second-order valence-corrected chi connectivity index (χ2v) is 5.10. The third-order valence-electron chi connectivity index (χ3n) is 3.30. The Hall–Kier alpha value is -2.58. The zero-order chi connectivity index (χ0) is 18.3. The number of nitrogens with zero attached hydrogens (tertiary/aromatic N) is 1. The molecule has 132 valence electrons. The second kappa shape index (κ2) is 8.32. The van der Waals surface area contributed by atoms with E-state index >= 15 is 0 Å². The molecule has 0 unspecified atom stereocenters. The fourth-order valence-electron chi connectivity index (χ4n) is 2.06. The number of carbonyl (C=O) groups is 3. The number of halogens is 3. The van der Waals surface area contributed by atoms with E-state index in [4.69, 9.17) is 15.6 Å². The molecule has 0 aliphatic carbocycles. The van der Waals surface area contributed by atoms with E-state index in [1.807, 2.05) is 4.90 Å². The van der Waals surface area contributed by atoms with Gasteiger partial charge in [-0.05, 0) is 43.5 Å². The molecule has 1 fully saturated rings. The number of benzene rings is 1. The van der Waals surface area contributed by atoms with Crippen molar-refractivity contribution in [1.29, 1.82) is 0 Å². The van der Waals surface area contributed by atoms with Gasteiger partial charge in [-0.2, -0.15) is 13.2 Å². The van der Waals surface area contributed by atoms with E-state index in [9.17, 15) is 22.8 Å². The van der Waals surface area contributed by atoms with E-state index in [1.165, 1.54) is 6.42 Å². The van der Waals surface area contributed by atoms with Gasteiger partial charge in [-0.25, -0.2) is 4.79 Å². The van der Waals surface area contributed by atoms with Gasteiger partial charge in [-0.1, -0.05) is 0 Å². The quantitative estimate of drug-likeness (QED) is 0.856. The van der Waals surface area contributed by atoms with Crippen LogP contribution in [0.15, 0.2) is 24.3 Å². The van der Waals surface area contributed by atoms with E-state index in [2.05, 4.69) is 0 Å². The molecule has 0 spiro atoms. The highest BCUT2D eigenvalue weighted by atomic mass is 19.4. The summed E-state index contributed by atoms with van der Waals surface area (Å²) in [7, 11) is 0. The molecule has 1 aromatic carbocycles. The van der Waals surface area contributed by atoms with Gasteiger partial charge in [-0.15, -0.1) is 0 Å². The largest absolute Gasteiger partial charge is 0.490 e. The fraction of sp³-hybridized carbons (Fsp3) is 0.400. The van der Waals surface area contributed by atoms with Crippen LogP contribution in [0.2, 0.25) is 0 Å². The molecule has 2 rings (SSSR count). The van der Waals surface area contributed by atoms with Crippen molar-refractivity contribution >= 4 is 17.8 Å². The molecular formula is C15H17F3N2O4. The number of carboxylic acids is 1. The first-order chi connectivity index (χ1) is 11.1. The standard InChI is InChI=1S/C13H16N2O2.C2HF3O2/c14-12(16)10-4-6-11(7-5-10)13(17)15-8-2-1-3-9-15;3-2(4,5)1(6)7/h4-7H,1-3,8-9H2,(H2,14,16);(H,6,7). The van der Waals surface area contributed by atoms with E-state index in [1.54, 1.807) is 24.3 Å². The van der Waals surface area contributed by atoms with Crippen molar-refractivity contribution in [3.05, 3.63) is 35.4 Å². The number of likely N-dealkylation sites (tertiary alicyclic amines) is 1. The summed E-state index contributed by atoms with van der Waals surface area (Å²) >= 11 is 0. The van der Waals surface area contributed by atoms with Gasteiger partial charge in [0.25, 0.3) is 5.91 Å². The van der Waals surface area contributed by atoms with Crippen molar-refractivity contribution in [3.63, 3.8) is 0 Å². The van der Waals surface area contributed by atoms with Gasteiger partial charge in [0.2, 0.25) is 5.91 Å². The van der Waals surface area contributed by atoms with Crippen molar-refractivity contribution in [2.45, 2.75) is 25.4 Å². The van der Waals surface area contributed by atoms with Crippen LogP contribution in [0.25, 0.3) is 0 Å². The highest BCUT2D eigenvalue weighted by Crippen LogP contribution is 2.14. The highest BCUT2D eigenvalue weighted by Gasteiger charge is 2.38. The Morgan fingerprint density at radius 1 is 0.958 bits per heavy atom. The van der Waals surface area contributed by atoms with Crippen molar-refractivity contribution in [1.82, 2.24) is 4.90 Å². The summed E-state index contributed by atoms with van der Waals surface area (Å²) in [6.45, 7) is 1.66. The van der Waals surface area contributed by atoms with Crippen LogP contribution in [-0.2, 0) is 4.79 Å². The van der Waals surface area contributed by atoms with Gasteiger partial charge in [0, 0.05) is 24.2 Å². The molecule has 2 amide bonds. The van der Waals surface area contributed by atoms with E-state index in [0.29, 0.717) is 11.1 Å². The van der Waals surface area contributed by atoms with Crippen LogP contribution in [0.5, 0.6) is 0 Å². The number of piperidine rings is 1. The maximum atomic E-state index is 12.1. The average Bonchev–Trinajstić information content (AvgIpc) is 2.55. The van der Waals surface area contributed by atoms with Crippen LogP contribution in [-0.4, -0.2) is 47.1 Å². The number of nitrogens with two attached hydrogens (primary N) is 1. The Morgan fingerprint density at radius 2 is 1.38 bits per heavy atom. The lowest BCUT2D eigenvalue weighted by Gasteiger charge is -2.26. The number of hydrogen-bond donors (Lipinski definition) is 2. The van der Waals surface area contributed by atoms with E-state index in [-0.39, 0.29) is 5.91 Å². The molecule has 1 aliphatic heterocycles. The molecule has 9 heteroatoms. The predicted octanol–water partition coefficient (Wildman–Crippen LogP) is 2.04. The summed E-state index contributed by atoms with van der Waals surface area (Å²) in [5, 5.41) is 7.12. The summed E-state index contributed by atoms with van der Waals surface area (Å²) in [5.74, 6) is -3.19. The van der Waals surface area contributed by atoms with Crippen LogP contribution in [0.4, 0.5) is 13.2 Å². The first-order valence-corrected chi connectivity index (χ1v) is 7.12. The minimum Gasteiger partial charge on any atom is -0.475 e. The Bertz CT molecular complexity index is 594. The molecule has 1 aromatic rings. The van der Waals surface area contributed by atoms with Crippen LogP contribution in [0, 0.1) is 0 Å². The van der Waals surface area contributed by atoms with Gasteiger partial charge >= 0.3 is 12.1 Å². The smallest absolute Gasteiger partial charge is 0.475 e. The Kier molecular flexibility index (Phi) is 6.75. The molecule has 3 N–H and O–H groups in total. The molecule has 0 radical (unpaired) electrons. The summed E-state index contributed by atoms with van der Waals surface area (Å²) in [5.41, 5.74) is 6.20. The second-order valence-electron chi connectivity index (χ2n) is 5.10. The van der Waals surface area contributed by atoms with Gasteiger partial charge in [-0.3, -0.25) is 9.59 Å². The molecule has 0 saturated carbocycles. The molecule has 1 heterocycles. The summed E-state index contributed by atoms with van der Waals surface area (Å²) in [6, 6.07) is 6.52. The molecule has 24 heavy (non-hydrogen) atoms. The van der Waals surface area contributed by atoms with Gasteiger partial charge in [0.1, 0.15) is 0 Å². The van der Waals surface area contributed by atoms with E-state index in [0.717, 1.165) is 25.9 Å². The summed E-state index contributed by atoms with van der Waals surface area (Å²) in [6.07, 6.45) is -1.74. The van der Waals surface area contributed by atoms with Crippen LogP contribution >= 0.6 is 0 Å². The number of carboxylic acid groups (broad SMARTS) is 1. The molecule has 0 bridgehead atoms. The number of hydrogen-bond acceptors (Lipinski definition) is 3. The average molecular weight is 346 g/mol. The first-order valence-electron chi connectivity index (χ1n) is 7.12. The zero-order valence-corrected chi connectivity index (χ0v) is 12.7. The molecule has 1 aliphatic rings. The van der Waals surface area contributed by atoms with Crippen molar-refractivity contribution in [2.24, 2.45) is 5.73 Å². The third-order valence-corrected chi connectivity index (χ3v) is 3.30. The Labute approximate surface area is 136 Å². The van der Waals surface area contributed by atoms with Gasteiger partial charge in [0.05, 0.1) is 0 Å². The minimum absolute atomic E-state index is 0.0423. The molecule has 0 aromatic heterocycles. The highest BCUT2D eigenvalue weighted by molar-refractivity contribution is 5.97. The number of rotatable bonds is 2. The van der Waals surface area contributed by atoms with Crippen molar-refractivity contribution in [3.8, 4) is 0 Å². The SMILES string of the molecule is NC(=O)c1ccc(C(=O)N2CCCCC2)cc1.O=C(O)C(F)(F)F. The topological polar surface area (TPSA) is 101 Å². The maximum absolute atomic E-state index is 12.1. The number of primary amides is 1. The Morgan fingerprint density at radius 3 is 1.75 bits per heavy atom.